The number of benzene rings is 1. The van der Waals surface area contributed by atoms with Crippen molar-refractivity contribution in [2.45, 2.75) is 38.1 Å². The lowest BCUT2D eigenvalue weighted by molar-refractivity contribution is -0.125. The predicted molar refractivity (Wildman–Crippen MR) is 120 cm³/mol. The molecule has 4 aromatic rings. The average Bonchev–Trinajstić information content (AvgIpc) is 3.34. The number of carbonyl (C=O) groups is 1. The summed E-state index contributed by atoms with van der Waals surface area (Å²) in [5.74, 6) is 1.03. The number of nitrogens with one attached hydrogen (secondary N) is 3. The van der Waals surface area contributed by atoms with Gasteiger partial charge in [0, 0.05) is 22.5 Å². The predicted octanol–water partition coefficient (Wildman–Crippen LogP) is 3.72. The zero-order chi connectivity index (χ0) is 20.2. The molecule has 152 valence electrons. The molecule has 7 nitrogen and oxygen atoms in total. The number of hydrogen-bond acceptors (Lipinski definition) is 7. The summed E-state index contributed by atoms with van der Waals surface area (Å²) in [5.41, 5.74) is 2.99. The van der Waals surface area contributed by atoms with Gasteiger partial charge >= 0.3 is 4.87 Å². The summed E-state index contributed by atoms with van der Waals surface area (Å²) in [6.07, 6.45) is 6.30. The van der Waals surface area contributed by atoms with E-state index in [-0.39, 0.29) is 16.7 Å². The van der Waals surface area contributed by atoms with Gasteiger partial charge in [0.2, 0.25) is 5.91 Å². The van der Waals surface area contributed by atoms with Crippen molar-refractivity contribution in [1.82, 2.24) is 20.3 Å². The summed E-state index contributed by atoms with van der Waals surface area (Å²) < 4.78 is 0.909. The largest absolute Gasteiger partial charge is 0.353 e. The number of anilines is 2. The first-order valence-corrected chi connectivity index (χ1v) is 11.7. The van der Waals surface area contributed by atoms with Crippen LogP contribution in [-0.2, 0) is 17.6 Å². The van der Waals surface area contributed by atoms with E-state index >= 15 is 0 Å². The average molecular weight is 438 g/mol. The fraction of sp³-hybridized carbons (Fsp3) is 0.333. The Hall–Kier alpha value is -2.78. The molecule has 30 heavy (non-hydrogen) atoms. The van der Waals surface area contributed by atoms with Gasteiger partial charge in [0.1, 0.15) is 17.0 Å². The van der Waals surface area contributed by atoms with E-state index in [9.17, 15) is 9.59 Å². The molecule has 2 aliphatic rings. The van der Waals surface area contributed by atoms with Crippen LogP contribution < -0.4 is 15.5 Å². The summed E-state index contributed by atoms with van der Waals surface area (Å²) in [6, 6.07) is 6.21. The number of rotatable bonds is 4. The van der Waals surface area contributed by atoms with Crippen molar-refractivity contribution in [2.24, 2.45) is 5.92 Å². The molecule has 0 spiro atoms. The second-order valence-electron chi connectivity index (χ2n) is 7.98. The molecule has 2 aliphatic carbocycles. The Morgan fingerprint density at radius 1 is 1.17 bits per heavy atom. The lowest BCUT2D eigenvalue weighted by atomic mass is 9.87. The molecule has 3 aromatic heterocycles. The SMILES string of the molecule is O=C(NC1CC1)C1CCc2c(sc3ncnc(Nc4ccc5[nH]c(=O)sc5c4)c23)C1. The van der Waals surface area contributed by atoms with E-state index < -0.39 is 0 Å². The van der Waals surface area contributed by atoms with Crippen molar-refractivity contribution < 1.29 is 4.79 Å². The maximum absolute atomic E-state index is 12.5. The maximum Gasteiger partial charge on any atom is 0.305 e. The van der Waals surface area contributed by atoms with E-state index in [4.69, 9.17) is 0 Å². The molecule has 1 unspecified atom stereocenters. The van der Waals surface area contributed by atoms with Crippen molar-refractivity contribution in [1.29, 1.82) is 0 Å². The van der Waals surface area contributed by atoms with Gasteiger partial charge in [-0.3, -0.25) is 9.59 Å². The van der Waals surface area contributed by atoms with Crippen LogP contribution in [0.4, 0.5) is 11.5 Å². The smallest absolute Gasteiger partial charge is 0.305 e. The molecule has 6 rings (SSSR count). The number of thiophene rings is 1. The number of thiazole rings is 1. The van der Waals surface area contributed by atoms with Crippen molar-refractivity contribution >= 4 is 60.5 Å². The zero-order valence-electron chi connectivity index (χ0n) is 16.0. The van der Waals surface area contributed by atoms with Gasteiger partial charge in [-0.25, -0.2) is 9.97 Å². The molecular weight excluding hydrogens is 418 g/mol. The normalized spacial score (nSPS) is 18.5. The highest BCUT2D eigenvalue weighted by atomic mass is 32.1. The van der Waals surface area contributed by atoms with Crippen molar-refractivity contribution in [3.05, 3.63) is 44.6 Å². The third kappa shape index (κ3) is 3.18. The number of nitrogens with zero attached hydrogens (tertiary/aromatic N) is 2. The van der Waals surface area contributed by atoms with E-state index in [1.165, 1.54) is 21.8 Å². The number of aromatic amines is 1. The number of fused-ring (bicyclic) bond motifs is 4. The fourth-order valence-electron chi connectivity index (χ4n) is 4.14. The molecule has 1 fully saturated rings. The first-order valence-electron chi connectivity index (χ1n) is 10.1. The second-order valence-corrected chi connectivity index (χ2v) is 10.1. The van der Waals surface area contributed by atoms with Crippen LogP contribution in [0.15, 0.2) is 29.3 Å². The van der Waals surface area contributed by atoms with Crippen LogP contribution in [0, 0.1) is 5.92 Å². The molecule has 3 N–H and O–H groups in total. The molecule has 9 heteroatoms. The molecule has 1 aromatic carbocycles. The van der Waals surface area contributed by atoms with Crippen LogP contribution in [0.25, 0.3) is 20.4 Å². The van der Waals surface area contributed by atoms with Crippen molar-refractivity contribution in [2.75, 3.05) is 5.32 Å². The van der Waals surface area contributed by atoms with Crippen molar-refractivity contribution in [3.8, 4) is 0 Å². The van der Waals surface area contributed by atoms with Crippen molar-refractivity contribution in [3.63, 3.8) is 0 Å². The van der Waals surface area contributed by atoms with Gasteiger partial charge in [0.05, 0.1) is 15.6 Å². The minimum absolute atomic E-state index is 0.0503. The van der Waals surface area contributed by atoms with Gasteiger partial charge in [0.25, 0.3) is 0 Å². The Balaban J connectivity index is 1.33. The molecule has 0 bridgehead atoms. The zero-order valence-corrected chi connectivity index (χ0v) is 17.7. The summed E-state index contributed by atoms with van der Waals surface area (Å²) >= 11 is 2.87. The van der Waals surface area contributed by atoms with E-state index in [1.54, 1.807) is 17.7 Å². The van der Waals surface area contributed by atoms with E-state index in [0.29, 0.717) is 6.04 Å². The highest BCUT2D eigenvalue weighted by Gasteiger charge is 2.32. The summed E-state index contributed by atoms with van der Waals surface area (Å²) in [6.45, 7) is 0. The topological polar surface area (TPSA) is 99.8 Å². The molecule has 0 aliphatic heterocycles. The molecule has 3 heterocycles. The number of aromatic nitrogens is 3. The Kier molecular flexibility index (Phi) is 4.14. The molecule has 0 radical (unpaired) electrons. The Morgan fingerprint density at radius 2 is 2.07 bits per heavy atom. The second kappa shape index (κ2) is 6.88. The Morgan fingerprint density at radius 3 is 2.93 bits per heavy atom. The van der Waals surface area contributed by atoms with Gasteiger partial charge in [0.15, 0.2) is 0 Å². The van der Waals surface area contributed by atoms with Crippen LogP contribution >= 0.6 is 22.7 Å². The monoisotopic (exact) mass is 437 g/mol. The number of amides is 1. The third-order valence-electron chi connectivity index (χ3n) is 5.82. The molecular formula is C21H19N5O2S2. The van der Waals surface area contributed by atoms with Gasteiger partial charge < -0.3 is 15.6 Å². The summed E-state index contributed by atoms with van der Waals surface area (Å²) in [4.78, 5) is 38.1. The van der Waals surface area contributed by atoms with Gasteiger partial charge in [-0.15, -0.1) is 11.3 Å². The first kappa shape index (κ1) is 18.0. The minimum Gasteiger partial charge on any atom is -0.353 e. The molecule has 1 saturated carbocycles. The van der Waals surface area contributed by atoms with Crippen LogP contribution in [0.2, 0.25) is 0 Å². The Labute approximate surface area is 179 Å². The van der Waals surface area contributed by atoms with Gasteiger partial charge in [-0.1, -0.05) is 11.3 Å². The third-order valence-corrected chi connectivity index (χ3v) is 7.83. The van der Waals surface area contributed by atoms with Crippen LogP contribution in [0.3, 0.4) is 0 Å². The van der Waals surface area contributed by atoms with Crippen LogP contribution in [0.5, 0.6) is 0 Å². The highest BCUT2D eigenvalue weighted by Crippen LogP contribution is 2.40. The maximum atomic E-state index is 12.5. The number of aryl methyl sites for hydroxylation is 1. The molecule has 0 saturated heterocycles. The van der Waals surface area contributed by atoms with E-state index in [2.05, 4.69) is 25.6 Å². The van der Waals surface area contributed by atoms with E-state index in [1.807, 2.05) is 18.2 Å². The summed E-state index contributed by atoms with van der Waals surface area (Å²) in [7, 11) is 0. The Bertz CT molecular complexity index is 1350. The molecule has 1 atom stereocenters. The number of carbonyl (C=O) groups excluding carboxylic acids is 1. The van der Waals surface area contributed by atoms with Gasteiger partial charge in [-0.05, 0) is 55.9 Å². The first-order chi connectivity index (χ1) is 14.6. The van der Waals surface area contributed by atoms with E-state index in [0.717, 1.165) is 64.0 Å². The standard InChI is InChI=1S/C21H19N5O2S2/c27-19(25-11-2-3-11)10-1-5-13-15(7-10)29-20-17(13)18(22-9-23-20)24-12-4-6-14-16(8-12)30-21(28)26-14/h4,6,8-11H,1-3,5,7H2,(H,25,27)(H,26,28)(H,22,23,24). The molecule has 1 amide bonds. The quantitative estimate of drug-likeness (QED) is 0.452. The minimum atomic E-state index is -0.0567. The lowest BCUT2D eigenvalue weighted by Gasteiger charge is -2.21. The fourth-order valence-corrected chi connectivity index (χ4v) is 6.18. The number of hydrogen-bond donors (Lipinski definition) is 3. The van der Waals surface area contributed by atoms with Crippen LogP contribution in [-0.4, -0.2) is 26.9 Å². The lowest BCUT2D eigenvalue weighted by Crippen LogP contribution is -2.35. The number of H-pyrrole nitrogens is 1. The van der Waals surface area contributed by atoms with Gasteiger partial charge in [-0.2, -0.15) is 0 Å². The summed E-state index contributed by atoms with van der Waals surface area (Å²) in [5, 5.41) is 7.63. The van der Waals surface area contributed by atoms with Crippen LogP contribution in [0.1, 0.15) is 29.7 Å². The highest BCUT2D eigenvalue weighted by molar-refractivity contribution is 7.19.